The third-order valence-electron chi connectivity index (χ3n) is 3.01. The van der Waals surface area contributed by atoms with Crippen LogP contribution >= 0.6 is 0 Å². The molecule has 0 radical (unpaired) electrons. The van der Waals surface area contributed by atoms with Gasteiger partial charge in [-0.2, -0.15) is 0 Å². The smallest absolute Gasteiger partial charge is 0.0460 e. The van der Waals surface area contributed by atoms with Gasteiger partial charge in [-0.15, -0.1) is 0 Å². The van der Waals surface area contributed by atoms with Crippen molar-refractivity contribution in [3.8, 4) is 0 Å². The lowest BCUT2D eigenvalue weighted by molar-refractivity contribution is 0.105. The van der Waals surface area contributed by atoms with Crippen LogP contribution in [0.2, 0.25) is 0 Å². The Morgan fingerprint density at radius 1 is 1.36 bits per heavy atom. The van der Waals surface area contributed by atoms with E-state index in [1.807, 2.05) is 0 Å². The molecule has 0 amide bonds. The average Bonchev–Trinajstić information content (AvgIpc) is 2.26. The van der Waals surface area contributed by atoms with Gasteiger partial charge in [-0.1, -0.05) is 12.2 Å². The van der Waals surface area contributed by atoms with E-state index in [1.54, 1.807) is 0 Å². The second-order valence-electron chi connectivity index (χ2n) is 3.71. The summed E-state index contributed by atoms with van der Waals surface area (Å²) >= 11 is 0. The molecule has 0 saturated carbocycles. The summed E-state index contributed by atoms with van der Waals surface area (Å²) in [5.74, 6) is 0.538. The van der Waals surface area contributed by atoms with Crippen molar-refractivity contribution in [2.24, 2.45) is 5.92 Å². The molecule has 2 rings (SSSR count). The molecule has 0 spiro atoms. The minimum absolute atomic E-state index is 0.364. The fraction of sp³-hybridized carbons (Fsp3) is 0.778. The molecule has 11 heavy (non-hydrogen) atoms. The van der Waals surface area contributed by atoms with Crippen LogP contribution in [0.1, 0.15) is 12.8 Å². The van der Waals surface area contributed by atoms with Crippen LogP contribution in [0.4, 0.5) is 0 Å². The summed E-state index contributed by atoms with van der Waals surface area (Å²) in [5, 5.41) is 8.99. The predicted molar refractivity (Wildman–Crippen MR) is 44.3 cm³/mol. The Morgan fingerprint density at radius 3 is 2.36 bits per heavy atom. The lowest BCUT2D eigenvalue weighted by atomic mass is 9.91. The van der Waals surface area contributed by atoms with Gasteiger partial charge in [-0.3, -0.25) is 4.90 Å². The number of aliphatic hydroxyl groups excluding tert-OH is 1. The molecule has 1 N–H and O–H groups in total. The van der Waals surface area contributed by atoms with Crippen molar-refractivity contribution in [2.75, 3.05) is 13.7 Å². The normalized spacial score (nSPS) is 43.3. The van der Waals surface area contributed by atoms with Gasteiger partial charge in [0.2, 0.25) is 0 Å². The number of likely N-dealkylation sites (N-methyl/N-ethyl adjacent to an activating group) is 1. The molecule has 1 fully saturated rings. The number of hydrogen-bond donors (Lipinski definition) is 1. The molecule has 2 nitrogen and oxygen atoms in total. The first-order valence-corrected chi connectivity index (χ1v) is 4.32. The molecule has 0 aromatic rings. The van der Waals surface area contributed by atoms with Gasteiger partial charge >= 0.3 is 0 Å². The highest BCUT2D eigenvalue weighted by Gasteiger charge is 2.33. The van der Waals surface area contributed by atoms with Crippen LogP contribution in [0.15, 0.2) is 12.2 Å². The Hall–Kier alpha value is -0.340. The van der Waals surface area contributed by atoms with E-state index in [2.05, 4.69) is 24.1 Å². The van der Waals surface area contributed by atoms with Crippen LogP contribution in [0.3, 0.4) is 0 Å². The Morgan fingerprint density at radius 2 is 1.91 bits per heavy atom. The number of fused-ring (bicyclic) bond motifs is 2. The van der Waals surface area contributed by atoms with Gasteiger partial charge in [0, 0.05) is 18.7 Å². The molecule has 0 aromatic heterocycles. The molecule has 0 aromatic carbocycles. The topological polar surface area (TPSA) is 23.5 Å². The van der Waals surface area contributed by atoms with Gasteiger partial charge in [0.25, 0.3) is 0 Å². The van der Waals surface area contributed by atoms with Gasteiger partial charge in [0.15, 0.2) is 0 Å². The molecule has 2 bridgehead atoms. The molecular formula is C9H15NO. The monoisotopic (exact) mass is 153 g/mol. The van der Waals surface area contributed by atoms with Crippen LogP contribution in [-0.2, 0) is 0 Å². The van der Waals surface area contributed by atoms with E-state index in [4.69, 9.17) is 5.11 Å². The van der Waals surface area contributed by atoms with Crippen LogP contribution in [-0.4, -0.2) is 35.7 Å². The maximum Gasteiger partial charge on any atom is 0.0460 e. The van der Waals surface area contributed by atoms with E-state index < -0.39 is 0 Å². The van der Waals surface area contributed by atoms with Crippen LogP contribution in [0, 0.1) is 5.92 Å². The quantitative estimate of drug-likeness (QED) is 0.558. The molecule has 2 aliphatic rings. The van der Waals surface area contributed by atoms with Crippen LogP contribution < -0.4 is 0 Å². The van der Waals surface area contributed by atoms with E-state index in [-0.39, 0.29) is 0 Å². The van der Waals surface area contributed by atoms with Gasteiger partial charge < -0.3 is 5.11 Å². The molecule has 62 valence electrons. The van der Waals surface area contributed by atoms with Crippen molar-refractivity contribution in [1.82, 2.24) is 4.90 Å². The molecule has 2 heteroatoms. The maximum atomic E-state index is 8.99. The van der Waals surface area contributed by atoms with Crippen molar-refractivity contribution in [1.29, 1.82) is 0 Å². The Labute approximate surface area is 67.5 Å². The number of nitrogens with zero attached hydrogens (tertiary/aromatic N) is 1. The SMILES string of the molecule is CN1[C@@H]2C=C[C@H]1CC(CO)C2. The van der Waals surface area contributed by atoms with Gasteiger partial charge in [0.1, 0.15) is 0 Å². The summed E-state index contributed by atoms with van der Waals surface area (Å²) in [6.45, 7) is 0.364. The van der Waals surface area contributed by atoms with E-state index in [9.17, 15) is 0 Å². The first-order chi connectivity index (χ1) is 5.31. The van der Waals surface area contributed by atoms with Crippen molar-refractivity contribution >= 4 is 0 Å². The zero-order chi connectivity index (χ0) is 7.84. The summed E-state index contributed by atoms with van der Waals surface area (Å²) in [4.78, 5) is 2.40. The number of piperidine rings is 1. The third-order valence-corrected chi connectivity index (χ3v) is 3.01. The van der Waals surface area contributed by atoms with Crippen LogP contribution in [0.5, 0.6) is 0 Å². The lowest BCUT2D eigenvalue weighted by Gasteiger charge is -2.35. The van der Waals surface area contributed by atoms with E-state index in [0.717, 1.165) is 12.8 Å². The van der Waals surface area contributed by atoms with E-state index in [0.29, 0.717) is 24.6 Å². The summed E-state index contributed by atoms with van der Waals surface area (Å²) in [6, 6.07) is 1.21. The van der Waals surface area contributed by atoms with E-state index >= 15 is 0 Å². The van der Waals surface area contributed by atoms with Gasteiger partial charge in [-0.05, 0) is 25.8 Å². The van der Waals surface area contributed by atoms with Crippen molar-refractivity contribution in [3.05, 3.63) is 12.2 Å². The molecule has 1 saturated heterocycles. The highest BCUT2D eigenvalue weighted by Crippen LogP contribution is 2.32. The molecule has 1 unspecified atom stereocenters. The second-order valence-corrected chi connectivity index (χ2v) is 3.71. The van der Waals surface area contributed by atoms with Gasteiger partial charge in [-0.25, -0.2) is 0 Å². The third kappa shape index (κ3) is 1.10. The standard InChI is InChI=1S/C9H15NO/c1-10-8-2-3-9(10)5-7(4-8)6-11/h2-3,7-9,11H,4-6H2,1H3/t7?,8-,9+. The number of rotatable bonds is 1. The predicted octanol–water partition coefficient (Wildman–Crippen LogP) is 0.627. The molecule has 2 heterocycles. The summed E-state index contributed by atoms with van der Waals surface area (Å²) in [6.07, 6.45) is 6.83. The molecular weight excluding hydrogens is 138 g/mol. The Kier molecular flexibility index (Phi) is 1.74. The average molecular weight is 153 g/mol. The van der Waals surface area contributed by atoms with Crippen molar-refractivity contribution in [3.63, 3.8) is 0 Å². The zero-order valence-electron chi connectivity index (χ0n) is 6.90. The molecule has 0 aliphatic carbocycles. The highest BCUT2D eigenvalue weighted by atomic mass is 16.3. The fourth-order valence-electron chi connectivity index (χ4n) is 2.19. The largest absolute Gasteiger partial charge is 0.396 e. The van der Waals surface area contributed by atoms with Crippen molar-refractivity contribution in [2.45, 2.75) is 24.9 Å². The second kappa shape index (κ2) is 2.61. The van der Waals surface area contributed by atoms with E-state index in [1.165, 1.54) is 0 Å². The first-order valence-electron chi connectivity index (χ1n) is 4.32. The summed E-state index contributed by atoms with van der Waals surface area (Å²) in [5.41, 5.74) is 0. The van der Waals surface area contributed by atoms with Gasteiger partial charge in [0.05, 0.1) is 0 Å². The molecule has 2 aliphatic heterocycles. The highest BCUT2D eigenvalue weighted by molar-refractivity contribution is 5.13. The maximum absolute atomic E-state index is 8.99. The Balaban J connectivity index is 2.06. The number of hydrogen-bond acceptors (Lipinski definition) is 2. The molecule has 3 atom stereocenters. The first kappa shape index (κ1) is 7.32. The summed E-state index contributed by atoms with van der Waals surface area (Å²) in [7, 11) is 2.17. The minimum atomic E-state index is 0.364. The number of aliphatic hydroxyl groups is 1. The fourth-order valence-corrected chi connectivity index (χ4v) is 2.19. The lowest BCUT2D eigenvalue weighted by Crippen LogP contribution is -2.41. The van der Waals surface area contributed by atoms with Crippen molar-refractivity contribution < 1.29 is 5.11 Å². The minimum Gasteiger partial charge on any atom is -0.396 e. The zero-order valence-corrected chi connectivity index (χ0v) is 6.90. The van der Waals surface area contributed by atoms with Crippen LogP contribution in [0.25, 0.3) is 0 Å². The Bertz CT molecular complexity index is 162. The summed E-state index contributed by atoms with van der Waals surface area (Å²) < 4.78 is 0.